The van der Waals surface area contributed by atoms with Gasteiger partial charge in [0.25, 0.3) is 11.8 Å². The van der Waals surface area contributed by atoms with E-state index in [1.165, 1.54) is 4.90 Å². The normalized spacial score (nSPS) is 22.3. The average Bonchev–Trinajstić information content (AvgIpc) is 2.88. The molecule has 0 aromatic heterocycles. The minimum Gasteiger partial charge on any atom is -0.356 e. The summed E-state index contributed by atoms with van der Waals surface area (Å²) in [4.78, 5) is 36.5. The van der Waals surface area contributed by atoms with E-state index in [0.717, 1.165) is 0 Å². The largest absolute Gasteiger partial charge is 0.356 e. The van der Waals surface area contributed by atoms with E-state index in [1.54, 1.807) is 24.3 Å². The minimum absolute atomic E-state index is 0.0170. The van der Waals surface area contributed by atoms with Crippen molar-refractivity contribution in [2.45, 2.75) is 6.42 Å². The number of rotatable bonds is 2. The van der Waals surface area contributed by atoms with E-state index in [2.05, 4.69) is 5.32 Å². The molecule has 2 aliphatic heterocycles. The highest BCUT2D eigenvalue weighted by Gasteiger charge is 2.37. The molecule has 0 radical (unpaired) electrons. The highest BCUT2D eigenvalue weighted by atomic mass is 16.2. The van der Waals surface area contributed by atoms with Crippen molar-refractivity contribution in [2.75, 3.05) is 13.1 Å². The molecule has 92 valence electrons. The standard InChI is InChI=1S/C13H12N2O3/c16-11-5-8(6-14-11)7-15-12(17)9-3-1-2-4-10(9)13(15)18/h1-4,8H,5-7H2,(H,14,16). The molecule has 0 spiro atoms. The summed E-state index contributed by atoms with van der Waals surface area (Å²) < 4.78 is 0. The number of nitrogens with zero attached hydrogens (tertiary/aromatic N) is 1. The van der Waals surface area contributed by atoms with Crippen LogP contribution in [0.25, 0.3) is 0 Å². The maximum absolute atomic E-state index is 12.1. The summed E-state index contributed by atoms with van der Waals surface area (Å²) in [5, 5.41) is 2.71. The molecule has 18 heavy (non-hydrogen) atoms. The highest BCUT2D eigenvalue weighted by Crippen LogP contribution is 2.24. The molecule has 5 nitrogen and oxygen atoms in total. The first-order chi connectivity index (χ1) is 8.66. The van der Waals surface area contributed by atoms with Gasteiger partial charge < -0.3 is 5.32 Å². The Kier molecular flexibility index (Phi) is 2.40. The Morgan fingerprint density at radius 3 is 2.22 bits per heavy atom. The number of fused-ring (bicyclic) bond motifs is 1. The Hall–Kier alpha value is -2.17. The molecule has 2 heterocycles. The Labute approximate surface area is 104 Å². The molecule has 1 aromatic carbocycles. The predicted molar refractivity (Wildman–Crippen MR) is 62.9 cm³/mol. The van der Waals surface area contributed by atoms with E-state index in [0.29, 0.717) is 30.6 Å². The zero-order chi connectivity index (χ0) is 12.7. The number of benzene rings is 1. The smallest absolute Gasteiger partial charge is 0.261 e. The third-order valence-electron chi connectivity index (χ3n) is 3.38. The van der Waals surface area contributed by atoms with E-state index in [4.69, 9.17) is 0 Å². The monoisotopic (exact) mass is 244 g/mol. The van der Waals surface area contributed by atoms with Gasteiger partial charge in [0.1, 0.15) is 0 Å². The summed E-state index contributed by atoms with van der Waals surface area (Å²) in [7, 11) is 0. The molecule has 1 aromatic rings. The van der Waals surface area contributed by atoms with Crippen LogP contribution in [0.15, 0.2) is 24.3 Å². The number of hydrogen-bond acceptors (Lipinski definition) is 3. The molecule has 1 fully saturated rings. The third-order valence-corrected chi connectivity index (χ3v) is 3.38. The molecule has 1 atom stereocenters. The van der Waals surface area contributed by atoms with E-state index < -0.39 is 0 Å². The first-order valence-corrected chi connectivity index (χ1v) is 5.89. The molecular formula is C13H12N2O3. The van der Waals surface area contributed by atoms with Gasteiger partial charge in [-0.25, -0.2) is 0 Å². The zero-order valence-electron chi connectivity index (χ0n) is 9.68. The molecule has 5 heteroatoms. The third kappa shape index (κ3) is 1.59. The van der Waals surface area contributed by atoms with Crippen LogP contribution < -0.4 is 5.32 Å². The molecular weight excluding hydrogens is 232 g/mol. The van der Waals surface area contributed by atoms with Crippen molar-refractivity contribution in [3.8, 4) is 0 Å². The van der Waals surface area contributed by atoms with Gasteiger partial charge in [0.2, 0.25) is 5.91 Å². The van der Waals surface area contributed by atoms with Gasteiger partial charge in [0.15, 0.2) is 0 Å². The lowest BCUT2D eigenvalue weighted by molar-refractivity contribution is -0.119. The fraction of sp³-hybridized carbons (Fsp3) is 0.308. The van der Waals surface area contributed by atoms with Crippen LogP contribution in [0.1, 0.15) is 27.1 Å². The molecule has 2 aliphatic rings. The van der Waals surface area contributed by atoms with Crippen LogP contribution in [0.3, 0.4) is 0 Å². The molecule has 0 saturated carbocycles. The molecule has 1 unspecified atom stereocenters. The summed E-state index contributed by atoms with van der Waals surface area (Å²) >= 11 is 0. The lowest BCUT2D eigenvalue weighted by Crippen LogP contribution is -2.35. The molecule has 0 aliphatic carbocycles. The zero-order valence-corrected chi connectivity index (χ0v) is 9.68. The van der Waals surface area contributed by atoms with Gasteiger partial charge >= 0.3 is 0 Å². The number of nitrogens with one attached hydrogen (secondary N) is 1. The quantitative estimate of drug-likeness (QED) is 0.767. The number of carbonyl (C=O) groups excluding carboxylic acids is 3. The molecule has 3 amide bonds. The van der Waals surface area contributed by atoms with Gasteiger partial charge in [0, 0.05) is 25.4 Å². The van der Waals surface area contributed by atoms with E-state index in [-0.39, 0.29) is 23.6 Å². The van der Waals surface area contributed by atoms with E-state index >= 15 is 0 Å². The van der Waals surface area contributed by atoms with Crippen LogP contribution in [-0.4, -0.2) is 35.7 Å². The van der Waals surface area contributed by atoms with Crippen LogP contribution in [0.2, 0.25) is 0 Å². The van der Waals surface area contributed by atoms with Gasteiger partial charge in [-0.15, -0.1) is 0 Å². The molecule has 1 saturated heterocycles. The first-order valence-electron chi connectivity index (χ1n) is 5.89. The van der Waals surface area contributed by atoms with Crippen LogP contribution in [0, 0.1) is 5.92 Å². The minimum atomic E-state index is -0.255. The number of amides is 3. The van der Waals surface area contributed by atoms with Crippen LogP contribution in [0.4, 0.5) is 0 Å². The maximum atomic E-state index is 12.1. The van der Waals surface area contributed by atoms with Gasteiger partial charge in [-0.05, 0) is 12.1 Å². The van der Waals surface area contributed by atoms with Crippen molar-refractivity contribution in [2.24, 2.45) is 5.92 Å². The second kappa shape index (κ2) is 3.94. The van der Waals surface area contributed by atoms with Crippen molar-refractivity contribution >= 4 is 17.7 Å². The van der Waals surface area contributed by atoms with Gasteiger partial charge in [0.05, 0.1) is 11.1 Å². The highest BCUT2D eigenvalue weighted by molar-refractivity contribution is 6.21. The fourth-order valence-electron chi connectivity index (χ4n) is 2.46. The lowest BCUT2D eigenvalue weighted by Gasteiger charge is -2.17. The van der Waals surface area contributed by atoms with Crippen molar-refractivity contribution in [1.29, 1.82) is 0 Å². The number of carbonyl (C=O) groups is 3. The van der Waals surface area contributed by atoms with Gasteiger partial charge in [-0.2, -0.15) is 0 Å². The van der Waals surface area contributed by atoms with Crippen molar-refractivity contribution in [3.63, 3.8) is 0 Å². The Balaban J connectivity index is 1.82. The fourth-order valence-corrected chi connectivity index (χ4v) is 2.46. The number of hydrogen-bond donors (Lipinski definition) is 1. The van der Waals surface area contributed by atoms with Crippen LogP contribution >= 0.6 is 0 Å². The van der Waals surface area contributed by atoms with Crippen LogP contribution in [0.5, 0.6) is 0 Å². The average molecular weight is 244 g/mol. The van der Waals surface area contributed by atoms with E-state index in [9.17, 15) is 14.4 Å². The Morgan fingerprint density at radius 2 is 1.72 bits per heavy atom. The van der Waals surface area contributed by atoms with Crippen LogP contribution in [-0.2, 0) is 4.79 Å². The van der Waals surface area contributed by atoms with E-state index in [1.807, 2.05) is 0 Å². The summed E-state index contributed by atoms with van der Waals surface area (Å²) in [6, 6.07) is 6.81. The number of imide groups is 1. The lowest BCUT2D eigenvalue weighted by atomic mass is 10.1. The Bertz CT molecular complexity index is 518. The topological polar surface area (TPSA) is 66.5 Å². The predicted octanol–water partition coefficient (Wildman–Crippen LogP) is 0.419. The summed E-state index contributed by atoms with van der Waals surface area (Å²) in [5.41, 5.74) is 0.916. The summed E-state index contributed by atoms with van der Waals surface area (Å²) in [6.45, 7) is 0.845. The second-order valence-electron chi connectivity index (χ2n) is 4.64. The van der Waals surface area contributed by atoms with Gasteiger partial charge in [-0.3, -0.25) is 19.3 Å². The van der Waals surface area contributed by atoms with Gasteiger partial charge in [-0.1, -0.05) is 12.1 Å². The summed E-state index contributed by atoms with van der Waals surface area (Å²) in [5.74, 6) is -0.499. The summed E-state index contributed by atoms with van der Waals surface area (Å²) in [6.07, 6.45) is 0.382. The van der Waals surface area contributed by atoms with Crippen molar-refractivity contribution in [3.05, 3.63) is 35.4 Å². The SMILES string of the molecule is O=C1CC(CN2C(=O)c3ccccc3C2=O)CN1. The van der Waals surface area contributed by atoms with Crippen molar-refractivity contribution < 1.29 is 14.4 Å². The molecule has 1 N–H and O–H groups in total. The first kappa shape index (κ1) is 11.0. The Morgan fingerprint density at radius 1 is 1.11 bits per heavy atom. The maximum Gasteiger partial charge on any atom is 0.261 e. The molecule has 0 bridgehead atoms. The molecule has 3 rings (SSSR count). The second-order valence-corrected chi connectivity index (χ2v) is 4.64. The van der Waals surface area contributed by atoms with Crippen molar-refractivity contribution in [1.82, 2.24) is 10.2 Å².